The lowest BCUT2D eigenvalue weighted by atomic mass is 10.0. The van der Waals surface area contributed by atoms with Crippen molar-refractivity contribution in [3.8, 4) is 0 Å². The average Bonchev–Trinajstić information content (AvgIpc) is 2.98. The number of rotatable bonds is 7. The Labute approximate surface area is 143 Å². The number of hydrogen-bond donors (Lipinski definition) is 2. The molecule has 5 nitrogen and oxygen atoms in total. The van der Waals surface area contributed by atoms with Gasteiger partial charge in [-0.2, -0.15) is 0 Å². The third kappa shape index (κ3) is 5.20. The van der Waals surface area contributed by atoms with E-state index in [2.05, 4.69) is 19.2 Å². The van der Waals surface area contributed by atoms with E-state index < -0.39 is 0 Å². The molecule has 2 amide bonds. The standard InChI is InChI=1S/C19H26N2O3/c1-14(2)12-16(13-22)20-18(23)10-7-15-5-8-17(9-6-15)21-11-3-4-19(21)24/h5-10,14,16,22H,3-4,11-13H2,1-2H3,(H,20,23)/b10-7+. The Morgan fingerprint density at radius 3 is 2.58 bits per heavy atom. The van der Waals surface area contributed by atoms with Crippen LogP contribution >= 0.6 is 0 Å². The molecule has 0 aromatic heterocycles. The van der Waals surface area contributed by atoms with Gasteiger partial charge in [-0.15, -0.1) is 0 Å². The Kier molecular flexibility index (Phi) is 6.55. The minimum absolute atomic E-state index is 0.0592. The summed E-state index contributed by atoms with van der Waals surface area (Å²) >= 11 is 0. The summed E-state index contributed by atoms with van der Waals surface area (Å²) in [6, 6.07) is 7.36. The van der Waals surface area contributed by atoms with Gasteiger partial charge in [0.2, 0.25) is 11.8 Å². The SMILES string of the molecule is CC(C)CC(CO)NC(=O)/C=C/c1ccc(N2CCCC2=O)cc1. The molecule has 2 N–H and O–H groups in total. The Balaban J connectivity index is 1.91. The van der Waals surface area contributed by atoms with Crippen molar-refractivity contribution in [2.45, 2.75) is 39.2 Å². The zero-order valence-corrected chi connectivity index (χ0v) is 14.4. The molecular weight excluding hydrogens is 304 g/mol. The van der Waals surface area contributed by atoms with Crippen LogP contribution in [0, 0.1) is 5.92 Å². The summed E-state index contributed by atoms with van der Waals surface area (Å²) in [6.07, 6.45) is 5.47. The number of benzene rings is 1. The highest BCUT2D eigenvalue weighted by Gasteiger charge is 2.21. The van der Waals surface area contributed by atoms with Crippen LogP contribution in [-0.2, 0) is 9.59 Å². The highest BCUT2D eigenvalue weighted by Crippen LogP contribution is 2.21. The van der Waals surface area contributed by atoms with Crippen LogP contribution in [0.2, 0.25) is 0 Å². The number of carbonyl (C=O) groups is 2. The summed E-state index contributed by atoms with van der Waals surface area (Å²) in [6.45, 7) is 4.82. The predicted octanol–water partition coefficient (Wildman–Crippen LogP) is 2.35. The van der Waals surface area contributed by atoms with Crippen molar-refractivity contribution in [3.05, 3.63) is 35.9 Å². The largest absolute Gasteiger partial charge is 0.394 e. The van der Waals surface area contributed by atoms with E-state index in [1.165, 1.54) is 6.08 Å². The number of anilines is 1. The Hall–Kier alpha value is -2.14. The van der Waals surface area contributed by atoms with Gasteiger partial charge in [0.25, 0.3) is 0 Å². The maximum Gasteiger partial charge on any atom is 0.244 e. The van der Waals surface area contributed by atoms with Crippen LogP contribution in [0.3, 0.4) is 0 Å². The maximum absolute atomic E-state index is 11.9. The summed E-state index contributed by atoms with van der Waals surface area (Å²) in [5.41, 5.74) is 1.79. The predicted molar refractivity (Wildman–Crippen MR) is 95.5 cm³/mol. The summed E-state index contributed by atoms with van der Waals surface area (Å²) in [4.78, 5) is 25.4. The van der Waals surface area contributed by atoms with Gasteiger partial charge in [0.1, 0.15) is 0 Å². The van der Waals surface area contributed by atoms with Crippen LogP contribution < -0.4 is 10.2 Å². The van der Waals surface area contributed by atoms with Crippen LogP contribution in [0.1, 0.15) is 38.7 Å². The molecule has 5 heteroatoms. The van der Waals surface area contributed by atoms with Gasteiger partial charge in [-0.05, 0) is 42.5 Å². The van der Waals surface area contributed by atoms with E-state index in [1.54, 1.807) is 11.0 Å². The van der Waals surface area contributed by atoms with Gasteiger partial charge in [-0.3, -0.25) is 9.59 Å². The van der Waals surface area contributed by atoms with E-state index in [0.29, 0.717) is 12.3 Å². The van der Waals surface area contributed by atoms with Crippen LogP contribution in [0.5, 0.6) is 0 Å². The monoisotopic (exact) mass is 330 g/mol. The Morgan fingerprint density at radius 1 is 1.33 bits per heavy atom. The minimum Gasteiger partial charge on any atom is -0.394 e. The van der Waals surface area contributed by atoms with Gasteiger partial charge in [-0.25, -0.2) is 0 Å². The quantitative estimate of drug-likeness (QED) is 0.754. The first kappa shape index (κ1) is 18.2. The summed E-state index contributed by atoms with van der Waals surface area (Å²) in [5.74, 6) is 0.360. The zero-order valence-electron chi connectivity index (χ0n) is 14.4. The third-order valence-electron chi connectivity index (χ3n) is 4.03. The summed E-state index contributed by atoms with van der Waals surface area (Å²) in [5, 5.41) is 12.1. The van der Waals surface area contributed by atoms with Gasteiger partial charge in [-0.1, -0.05) is 26.0 Å². The highest BCUT2D eigenvalue weighted by atomic mass is 16.3. The molecule has 0 radical (unpaired) electrons. The molecular formula is C19H26N2O3. The highest BCUT2D eigenvalue weighted by molar-refractivity contribution is 5.95. The number of aliphatic hydroxyl groups excluding tert-OH is 1. The topological polar surface area (TPSA) is 69.6 Å². The van der Waals surface area contributed by atoms with E-state index in [9.17, 15) is 14.7 Å². The Bertz CT molecular complexity index is 593. The fraction of sp³-hybridized carbons (Fsp3) is 0.474. The van der Waals surface area contributed by atoms with Crippen molar-refractivity contribution in [2.75, 3.05) is 18.1 Å². The van der Waals surface area contributed by atoms with Crippen molar-refractivity contribution in [1.82, 2.24) is 5.32 Å². The third-order valence-corrected chi connectivity index (χ3v) is 4.03. The number of amides is 2. The van der Waals surface area contributed by atoms with E-state index in [-0.39, 0.29) is 24.5 Å². The van der Waals surface area contributed by atoms with Crippen LogP contribution in [0.25, 0.3) is 6.08 Å². The maximum atomic E-state index is 11.9. The number of aliphatic hydroxyl groups is 1. The number of nitrogens with one attached hydrogen (secondary N) is 1. The minimum atomic E-state index is -0.217. The number of hydrogen-bond acceptors (Lipinski definition) is 3. The normalized spacial score (nSPS) is 16.2. The molecule has 1 unspecified atom stereocenters. The summed E-state index contributed by atoms with van der Waals surface area (Å²) < 4.78 is 0. The molecule has 1 fully saturated rings. The van der Waals surface area contributed by atoms with Crippen molar-refractivity contribution >= 4 is 23.6 Å². The second-order valence-corrected chi connectivity index (χ2v) is 6.59. The average molecular weight is 330 g/mol. The lowest BCUT2D eigenvalue weighted by Crippen LogP contribution is -2.37. The van der Waals surface area contributed by atoms with Gasteiger partial charge >= 0.3 is 0 Å². The molecule has 0 spiro atoms. The lowest BCUT2D eigenvalue weighted by molar-refractivity contribution is -0.118. The molecule has 2 rings (SSSR count). The van der Waals surface area contributed by atoms with E-state index in [4.69, 9.17) is 0 Å². The molecule has 0 bridgehead atoms. The molecule has 0 aliphatic carbocycles. The molecule has 130 valence electrons. The van der Waals surface area contributed by atoms with Gasteiger partial charge in [0.05, 0.1) is 12.6 Å². The van der Waals surface area contributed by atoms with Crippen molar-refractivity contribution in [3.63, 3.8) is 0 Å². The molecule has 1 heterocycles. The Morgan fingerprint density at radius 2 is 2.04 bits per heavy atom. The van der Waals surface area contributed by atoms with E-state index in [0.717, 1.165) is 30.6 Å². The molecule has 1 aliphatic heterocycles. The molecule has 24 heavy (non-hydrogen) atoms. The van der Waals surface area contributed by atoms with Crippen LogP contribution in [0.15, 0.2) is 30.3 Å². The first-order valence-electron chi connectivity index (χ1n) is 8.49. The first-order chi connectivity index (χ1) is 11.5. The molecule has 1 saturated heterocycles. The molecule has 1 aliphatic rings. The lowest BCUT2D eigenvalue weighted by Gasteiger charge is -2.17. The van der Waals surface area contributed by atoms with Crippen molar-refractivity contribution < 1.29 is 14.7 Å². The van der Waals surface area contributed by atoms with Gasteiger partial charge < -0.3 is 15.3 Å². The second kappa shape index (κ2) is 8.64. The van der Waals surface area contributed by atoms with Crippen molar-refractivity contribution in [1.29, 1.82) is 0 Å². The second-order valence-electron chi connectivity index (χ2n) is 6.59. The van der Waals surface area contributed by atoms with Gasteiger partial charge in [0, 0.05) is 24.7 Å². The summed E-state index contributed by atoms with van der Waals surface area (Å²) in [7, 11) is 0. The zero-order chi connectivity index (χ0) is 17.5. The molecule has 1 aromatic rings. The number of nitrogens with zero attached hydrogens (tertiary/aromatic N) is 1. The van der Waals surface area contributed by atoms with Crippen LogP contribution in [-0.4, -0.2) is 36.1 Å². The van der Waals surface area contributed by atoms with Gasteiger partial charge in [0.15, 0.2) is 0 Å². The van der Waals surface area contributed by atoms with E-state index >= 15 is 0 Å². The van der Waals surface area contributed by atoms with Crippen LogP contribution in [0.4, 0.5) is 5.69 Å². The number of carbonyl (C=O) groups excluding carboxylic acids is 2. The molecule has 0 saturated carbocycles. The first-order valence-corrected chi connectivity index (χ1v) is 8.49. The fourth-order valence-corrected chi connectivity index (χ4v) is 2.86. The molecule has 1 aromatic carbocycles. The molecule has 1 atom stereocenters. The van der Waals surface area contributed by atoms with E-state index in [1.807, 2.05) is 24.3 Å². The van der Waals surface area contributed by atoms with Crippen molar-refractivity contribution in [2.24, 2.45) is 5.92 Å². The fourth-order valence-electron chi connectivity index (χ4n) is 2.86. The smallest absolute Gasteiger partial charge is 0.244 e.